The Kier molecular flexibility index (Phi) is 6.57. The first-order chi connectivity index (χ1) is 8.67. The second-order valence-electron chi connectivity index (χ2n) is 4.09. The van der Waals surface area contributed by atoms with Gasteiger partial charge in [-0.15, -0.1) is 0 Å². The van der Waals surface area contributed by atoms with Gasteiger partial charge in [-0.25, -0.2) is 4.98 Å². The zero-order valence-electron chi connectivity index (χ0n) is 11.2. The van der Waals surface area contributed by atoms with Gasteiger partial charge in [-0.3, -0.25) is 4.79 Å². The molecule has 1 amide bonds. The molecule has 0 aliphatic heterocycles. The number of hydrogen-bond donors (Lipinski definition) is 2. The predicted octanol–water partition coefficient (Wildman–Crippen LogP) is 2.30. The van der Waals surface area contributed by atoms with Crippen molar-refractivity contribution in [3.05, 3.63) is 23.4 Å². The number of aryl methyl sites for hydroxylation is 1. The molecular weight excluding hydrogens is 246 g/mol. The number of unbranched alkanes of at least 4 members (excludes halogenated alkanes) is 1. The molecule has 1 heterocycles. The van der Waals surface area contributed by atoms with Crippen molar-refractivity contribution in [3.63, 3.8) is 0 Å². The van der Waals surface area contributed by atoms with E-state index in [-0.39, 0.29) is 5.91 Å². The van der Waals surface area contributed by atoms with Crippen LogP contribution in [0.4, 0.5) is 5.82 Å². The lowest BCUT2D eigenvalue weighted by Gasteiger charge is -2.07. The predicted molar refractivity (Wildman–Crippen MR) is 78.5 cm³/mol. The molecule has 1 aromatic heterocycles. The van der Waals surface area contributed by atoms with Crippen LogP contribution in [-0.2, 0) is 0 Å². The van der Waals surface area contributed by atoms with Gasteiger partial charge in [-0.05, 0) is 43.9 Å². The number of pyridine rings is 1. The zero-order chi connectivity index (χ0) is 13.4. The van der Waals surface area contributed by atoms with Crippen LogP contribution in [0.25, 0.3) is 0 Å². The average molecular weight is 267 g/mol. The molecule has 0 radical (unpaired) electrons. The maximum absolute atomic E-state index is 11.9. The molecule has 0 bridgehead atoms. The summed E-state index contributed by atoms with van der Waals surface area (Å²) in [4.78, 5) is 16.2. The van der Waals surface area contributed by atoms with E-state index in [1.54, 1.807) is 19.2 Å². The van der Waals surface area contributed by atoms with E-state index in [9.17, 15) is 4.79 Å². The summed E-state index contributed by atoms with van der Waals surface area (Å²) in [6.45, 7) is 2.62. The summed E-state index contributed by atoms with van der Waals surface area (Å²) in [6.07, 6.45) is 4.26. The Balaban J connectivity index is 2.48. The van der Waals surface area contributed by atoms with Gasteiger partial charge >= 0.3 is 0 Å². The molecule has 0 spiro atoms. The van der Waals surface area contributed by atoms with Crippen molar-refractivity contribution >= 4 is 23.5 Å². The van der Waals surface area contributed by atoms with E-state index >= 15 is 0 Å². The fraction of sp³-hybridized carbons (Fsp3) is 0.538. The molecule has 0 fully saturated rings. The van der Waals surface area contributed by atoms with Crippen molar-refractivity contribution in [3.8, 4) is 0 Å². The molecule has 4 nitrogen and oxygen atoms in total. The lowest BCUT2D eigenvalue weighted by atomic mass is 10.2. The van der Waals surface area contributed by atoms with Crippen LogP contribution in [-0.4, -0.2) is 36.5 Å². The van der Waals surface area contributed by atoms with E-state index in [1.807, 2.05) is 18.7 Å². The fourth-order valence-electron chi connectivity index (χ4n) is 1.60. The Morgan fingerprint density at radius 1 is 1.39 bits per heavy atom. The average Bonchev–Trinajstić information content (AvgIpc) is 2.37. The molecule has 0 saturated carbocycles. The van der Waals surface area contributed by atoms with Gasteiger partial charge in [0.1, 0.15) is 5.82 Å². The first kappa shape index (κ1) is 14.8. The quantitative estimate of drug-likeness (QED) is 0.744. The molecule has 0 aliphatic rings. The van der Waals surface area contributed by atoms with Crippen molar-refractivity contribution in [1.82, 2.24) is 10.3 Å². The second-order valence-corrected chi connectivity index (χ2v) is 5.07. The number of nitrogens with zero attached hydrogens (tertiary/aromatic N) is 1. The van der Waals surface area contributed by atoms with E-state index in [0.29, 0.717) is 5.56 Å². The van der Waals surface area contributed by atoms with Gasteiger partial charge in [0, 0.05) is 24.8 Å². The van der Waals surface area contributed by atoms with Crippen LogP contribution in [0.1, 0.15) is 28.9 Å². The Hall–Kier alpha value is -1.23. The van der Waals surface area contributed by atoms with Gasteiger partial charge in [0.25, 0.3) is 5.91 Å². The molecule has 2 N–H and O–H groups in total. The highest BCUT2D eigenvalue weighted by Gasteiger charge is 2.07. The van der Waals surface area contributed by atoms with Crippen LogP contribution in [0.5, 0.6) is 0 Å². The van der Waals surface area contributed by atoms with Crippen molar-refractivity contribution < 1.29 is 4.79 Å². The van der Waals surface area contributed by atoms with Crippen LogP contribution >= 0.6 is 11.8 Å². The SMILES string of the molecule is CNc1cc(C(=O)NCCCCSC)cc(C)n1. The first-order valence-electron chi connectivity index (χ1n) is 6.11. The summed E-state index contributed by atoms with van der Waals surface area (Å²) >= 11 is 1.83. The molecule has 0 atom stereocenters. The Morgan fingerprint density at radius 3 is 2.83 bits per heavy atom. The van der Waals surface area contributed by atoms with Crippen molar-refractivity contribution in [2.75, 3.05) is 30.9 Å². The molecule has 18 heavy (non-hydrogen) atoms. The fourth-order valence-corrected chi connectivity index (χ4v) is 2.10. The van der Waals surface area contributed by atoms with Gasteiger partial charge in [-0.1, -0.05) is 0 Å². The van der Waals surface area contributed by atoms with E-state index in [4.69, 9.17) is 0 Å². The maximum atomic E-state index is 11.9. The second kappa shape index (κ2) is 7.97. The Morgan fingerprint density at radius 2 is 2.17 bits per heavy atom. The van der Waals surface area contributed by atoms with Gasteiger partial charge in [-0.2, -0.15) is 11.8 Å². The summed E-state index contributed by atoms with van der Waals surface area (Å²) in [6, 6.07) is 3.57. The van der Waals surface area contributed by atoms with E-state index < -0.39 is 0 Å². The molecule has 1 rings (SSSR count). The number of anilines is 1. The van der Waals surface area contributed by atoms with Gasteiger partial charge < -0.3 is 10.6 Å². The first-order valence-corrected chi connectivity index (χ1v) is 7.50. The molecule has 0 unspecified atom stereocenters. The molecule has 5 heteroatoms. The number of amides is 1. The van der Waals surface area contributed by atoms with Gasteiger partial charge in [0.15, 0.2) is 0 Å². The van der Waals surface area contributed by atoms with Gasteiger partial charge in [0.2, 0.25) is 0 Å². The summed E-state index contributed by atoms with van der Waals surface area (Å²) in [5.41, 5.74) is 1.51. The standard InChI is InChI=1S/C13H21N3OS/c1-10-8-11(9-12(14-2)16-10)13(17)15-6-4-5-7-18-3/h8-9H,4-7H2,1-3H3,(H,14,16)(H,15,17). The number of nitrogens with one attached hydrogen (secondary N) is 2. The van der Waals surface area contributed by atoms with Crippen LogP contribution in [0.15, 0.2) is 12.1 Å². The minimum absolute atomic E-state index is 0.0267. The van der Waals surface area contributed by atoms with Crippen molar-refractivity contribution in [2.24, 2.45) is 0 Å². The minimum Gasteiger partial charge on any atom is -0.373 e. The third-order valence-corrected chi connectivity index (χ3v) is 3.23. The summed E-state index contributed by atoms with van der Waals surface area (Å²) in [7, 11) is 1.80. The largest absolute Gasteiger partial charge is 0.373 e. The minimum atomic E-state index is -0.0267. The molecule has 0 aromatic carbocycles. The van der Waals surface area contributed by atoms with Crippen LogP contribution in [0, 0.1) is 6.92 Å². The van der Waals surface area contributed by atoms with E-state index in [0.717, 1.165) is 36.7 Å². The Labute approximate surface area is 113 Å². The highest BCUT2D eigenvalue weighted by Crippen LogP contribution is 2.09. The normalized spacial score (nSPS) is 10.2. The maximum Gasteiger partial charge on any atom is 0.251 e. The van der Waals surface area contributed by atoms with Crippen LogP contribution in [0.3, 0.4) is 0 Å². The number of thioether (sulfide) groups is 1. The lowest BCUT2D eigenvalue weighted by Crippen LogP contribution is -2.24. The number of aromatic nitrogens is 1. The molecular formula is C13H21N3OS. The van der Waals surface area contributed by atoms with Gasteiger partial charge in [0.05, 0.1) is 0 Å². The summed E-state index contributed by atoms with van der Waals surface area (Å²) < 4.78 is 0. The highest BCUT2D eigenvalue weighted by atomic mass is 32.2. The van der Waals surface area contributed by atoms with Crippen molar-refractivity contribution in [1.29, 1.82) is 0 Å². The number of rotatable bonds is 7. The van der Waals surface area contributed by atoms with Crippen LogP contribution < -0.4 is 10.6 Å². The lowest BCUT2D eigenvalue weighted by molar-refractivity contribution is 0.0953. The molecule has 0 aliphatic carbocycles. The molecule has 100 valence electrons. The number of hydrogen-bond acceptors (Lipinski definition) is 4. The third-order valence-electron chi connectivity index (χ3n) is 2.53. The molecule has 0 saturated heterocycles. The molecule has 1 aromatic rings. The highest BCUT2D eigenvalue weighted by molar-refractivity contribution is 7.98. The van der Waals surface area contributed by atoms with Crippen molar-refractivity contribution in [2.45, 2.75) is 19.8 Å². The van der Waals surface area contributed by atoms with E-state index in [2.05, 4.69) is 21.9 Å². The monoisotopic (exact) mass is 267 g/mol. The third kappa shape index (κ3) is 4.96. The Bertz CT molecular complexity index is 396. The number of carbonyl (C=O) groups is 1. The number of carbonyl (C=O) groups excluding carboxylic acids is 1. The van der Waals surface area contributed by atoms with Crippen LogP contribution in [0.2, 0.25) is 0 Å². The summed E-state index contributed by atoms with van der Waals surface area (Å²) in [5.74, 6) is 1.84. The summed E-state index contributed by atoms with van der Waals surface area (Å²) in [5, 5.41) is 5.89. The smallest absolute Gasteiger partial charge is 0.251 e. The zero-order valence-corrected chi connectivity index (χ0v) is 12.1. The van der Waals surface area contributed by atoms with E-state index in [1.165, 1.54) is 0 Å². The topological polar surface area (TPSA) is 54.0 Å².